The van der Waals surface area contributed by atoms with Crippen LogP contribution in [0.25, 0.3) is 0 Å². The maximum absolute atomic E-state index is 12.2. The van der Waals surface area contributed by atoms with Crippen molar-refractivity contribution in [2.75, 3.05) is 13.1 Å². The number of rotatable bonds is 9. The van der Waals surface area contributed by atoms with Gasteiger partial charge >= 0.3 is 0 Å². The maximum Gasteiger partial charge on any atom is 0.220 e. The van der Waals surface area contributed by atoms with Crippen molar-refractivity contribution in [3.63, 3.8) is 0 Å². The van der Waals surface area contributed by atoms with E-state index in [9.17, 15) is 9.59 Å². The predicted octanol–water partition coefficient (Wildman–Crippen LogP) is 3.49. The van der Waals surface area contributed by atoms with Crippen molar-refractivity contribution in [3.8, 4) is 0 Å². The minimum atomic E-state index is 0.125. The molecular formula is C20H32N2O2. The molecule has 2 saturated carbocycles. The van der Waals surface area contributed by atoms with Crippen molar-refractivity contribution in [2.45, 2.75) is 64.7 Å². The molecule has 4 heteroatoms. The van der Waals surface area contributed by atoms with Crippen molar-refractivity contribution >= 4 is 11.8 Å². The molecule has 0 heterocycles. The molecular weight excluding hydrogens is 300 g/mol. The Hall–Kier alpha value is -1.58. The van der Waals surface area contributed by atoms with Gasteiger partial charge in [0.1, 0.15) is 0 Å². The lowest BCUT2D eigenvalue weighted by atomic mass is 9.66. The SMILES string of the molecule is C=CCCNC(=O)CC12CCCC(CC(=O)NCC=CC)(CC1)C2. The van der Waals surface area contributed by atoms with Crippen LogP contribution in [0, 0.1) is 10.8 Å². The second kappa shape index (κ2) is 8.50. The molecule has 0 aromatic heterocycles. The fourth-order valence-corrected chi connectivity index (χ4v) is 4.66. The van der Waals surface area contributed by atoms with Crippen LogP contribution in [0.3, 0.4) is 0 Å². The highest BCUT2D eigenvalue weighted by atomic mass is 16.2. The van der Waals surface area contributed by atoms with E-state index in [-0.39, 0.29) is 22.6 Å². The normalized spacial score (nSPS) is 28.7. The summed E-state index contributed by atoms with van der Waals surface area (Å²) in [4.78, 5) is 24.5. The predicted molar refractivity (Wildman–Crippen MR) is 97.4 cm³/mol. The Kier molecular flexibility index (Phi) is 6.64. The van der Waals surface area contributed by atoms with E-state index in [1.165, 1.54) is 0 Å². The molecule has 0 aliphatic heterocycles. The van der Waals surface area contributed by atoms with Crippen LogP contribution in [0.2, 0.25) is 0 Å². The van der Waals surface area contributed by atoms with Crippen molar-refractivity contribution in [2.24, 2.45) is 10.8 Å². The molecule has 0 aromatic carbocycles. The molecule has 2 fully saturated rings. The summed E-state index contributed by atoms with van der Waals surface area (Å²) in [5.41, 5.74) is 0.250. The number of carbonyl (C=O) groups excluding carboxylic acids is 2. The molecule has 0 saturated heterocycles. The van der Waals surface area contributed by atoms with Gasteiger partial charge in [0.15, 0.2) is 0 Å². The minimum absolute atomic E-state index is 0.125. The zero-order valence-electron chi connectivity index (χ0n) is 15.0. The molecule has 2 aliphatic rings. The number of hydrogen-bond donors (Lipinski definition) is 2. The summed E-state index contributed by atoms with van der Waals surface area (Å²) in [5, 5.41) is 5.98. The first-order chi connectivity index (χ1) is 11.5. The van der Waals surface area contributed by atoms with Gasteiger partial charge in [-0.25, -0.2) is 0 Å². The van der Waals surface area contributed by atoms with Gasteiger partial charge in [-0.15, -0.1) is 6.58 Å². The van der Waals surface area contributed by atoms with Crippen molar-refractivity contribution < 1.29 is 9.59 Å². The van der Waals surface area contributed by atoms with Crippen LogP contribution in [0.5, 0.6) is 0 Å². The van der Waals surface area contributed by atoms with E-state index in [2.05, 4.69) is 17.2 Å². The van der Waals surface area contributed by atoms with Gasteiger partial charge in [0, 0.05) is 25.9 Å². The molecule has 0 spiro atoms. The summed E-state index contributed by atoms with van der Waals surface area (Å²) >= 11 is 0. The fourth-order valence-electron chi connectivity index (χ4n) is 4.66. The van der Waals surface area contributed by atoms with Gasteiger partial charge in [0.05, 0.1) is 0 Å². The van der Waals surface area contributed by atoms with Crippen LogP contribution in [0.4, 0.5) is 0 Å². The second-order valence-corrected chi connectivity index (χ2v) is 7.68. The summed E-state index contributed by atoms with van der Waals surface area (Å²) < 4.78 is 0. The smallest absolute Gasteiger partial charge is 0.220 e. The molecule has 2 amide bonds. The highest BCUT2D eigenvalue weighted by Crippen LogP contribution is 2.61. The summed E-state index contributed by atoms with van der Waals surface area (Å²) in [6.07, 6.45) is 14.4. The largest absolute Gasteiger partial charge is 0.356 e. The van der Waals surface area contributed by atoms with Crippen LogP contribution in [0.1, 0.15) is 64.7 Å². The maximum atomic E-state index is 12.2. The molecule has 4 nitrogen and oxygen atoms in total. The van der Waals surface area contributed by atoms with Crippen LogP contribution < -0.4 is 10.6 Å². The summed E-state index contributed by atoms with van der Waals surface area (Å²) in [6, 6.07) is 0. The van der Waals surface area contributed by atoms with Gasteiger partial charge in [-0.3, -0.25) is 9.59 Å². The van der Waals surface area contributed by atoms with E-state index in [0.717, 1.165) is 44.9 Å². The van der Waals surface area contributed by atoms with Gasteiger partial charge in [-0.1, -0.05) is 24.6 Å². The Morgan fingerprint density at radius 1 is 1.04 bits per heavy atom. The topological polar surface area (TPSA) is 58.2 Å². The average molecular weight is 332 g/mol. The van der Waals surface area contributed by atoms with E-state index in [4.69, 9.17) is 0 Å². The number of amides is 2. The van der Waals surface area contributed by atoms with Gasteiger partial charge in [-0.2, -0.15) is 0 Å². The molecule has 134 valence electrons. The quantitative estimate of drug-likeness (QED) is 0.501. The summed E-state index contributed by atoms with van der Waals surface area (Å²) in [6.45, 7) is 6.93. The Balaban J connectivity index is 1.88. The van der Waals surface area contributed by atoms with E-state index in [0.29, 0.717) is 25.9 Å². The standard InChI is InChI=1S/C20H32N2O2/c1-3-5-12-21-17(23)14-19-8-7-9-20(16-19,11-10-19)15-18(24)22-13-6-4-2/h3-4,6H,1,5,7-16H2,2H3,(H,21,23)(H,22,24). The van der Waals surface area contributed by atoms with E-state index in [1.54, 1.807) is 0 Å². The zero-order chi connectivity index (χ0) is 17.5. The zero-order valence-corrected chi connectivity index (χ0v) is 15.0. The van der Waals surface area contributed by atoms with Crippen LogP contribution in [-0.2, 0) is 9.59 Å². The molecule has 2 bridgehead atoms. The molecule has 0 aromatic rings. The first-order valence-corrected chi connectivity index (χ1v) is 9.29. The van der Waals surface area contributed by atoms with Gasteiger partial charge in [0.2, 0.25) is 11.8 Å². The number of allylic oxidation sites excluding steroid dienone is 1. The third kappa shape index (κ3) is 4.96. The Morgan fingerprint density at radius 3 is 2.25 bits per heavy atom. The van der Waals surface area contributed by atoms with Crippen LogP contribution >= 0.6 is 0 Å². The first kappa shape index (κ1) is 18.8. The molecule has 2 N–H and O–H groups in total. The van der Waals surface area contributed by atoms with Crippen LogP contribution in [-0.4, -0.2) is 24.9 Å². The van der Waals surface area contributed by atoms with Gasteiger partial charge in [-0.05, 0) is 56.3 Å². The third-order valence-electron chi connectivity index (χ3n) is 5.74. The highest BCUT2D eigenvalue weighted by Gasteiger charge is 2.51. The van der Waals surface area contributed by atoms with Gasteiger partial charge in [0.25, 0.3) is 0 Å². The van der Waals surface area contributed by atoms with E-state index < -0.39 is 0 Å². The lowest BCUT2D eigenvalue weighted by Gasteiger charge is -2.39. The molecule has 0 radical (unpaired) electrons. The Bertz CT molecular complexity index is 500. The first-order valence-electron chi connectivity index (χ1n) is 9.29. The van der Waals surface area contributed by atoms with Gasteiger partial charge < -0.3 is 10.6 Å². The fraction of sp³-hybridized carbons (Fsp3) is 0.700. The van der Waals surface area contributed by atoms with Crippen molar-refractivity contribution in [1.82, 2.24) is 10.6 Å². The minimum Gasteiger partial charge on any atom is -0.356 e. The second-order valence-electron chi connectivity index (χ2n) is 7.68. The summed E-state index contributed by atoms with van der Waals surface area (Å²) in [5.74, 6) is 0.313. The number of carbonyl (C=O) groups is 2. The summed E-state index contributed by atoms with van der Waals surface area (Å²) in [7, 11) is 0. The number of fused-ring (bicyclic) bond motifs is 2. The third-order valence-corrected chi connectivity index (χ3v) is 5.74. The monoisotopic (exact) mass is 332 g/mol. The molecule has 2 aliphatic carbocycles. The van der Waals surface area contributed by atoms with E-state index in [1.807, 2.05) is 25.2 Å². The molecule has 2 rings (SSSR count). The number of hydrogen-bond acceptors (Lipinski definition) is 2. The lowest BCUT2D eigenvalue weighted by molar-refractivity contribution is -0.124. The molecule has 24 heavy (non-hydrogen) atoms. The highest BCUT2D eigenvalue weighted by molar-refractivity contribution is 5.78. The molecule has 2 unspecified atom stereocenters. The number of nitrogens with one attached hydrogen (secondary N) is 2. The van der Waals surface area contributed by atoms with E-state index >= 15 is 0 Å². The van der Waals surface area contributed by atoms with Crippen molar-refractivity contribution in [3.05, 3.63) is 24.8 Å². The lowest BCUT2D eigenvalue weighted by Crippen LogP contribution is -2.36. The van der Waals surface area contributed by atoms with Crippen molar-refractivity contribution in [1.29, 1.82) is 0 Å². The van der Waals surface area contributed by atoms with Crippen LogP contribution in [0.15, 0.2) is 24.8 Å². The average Bonchev–Trinajstić information content (AvgIpc) is 2.78. The Morgan fingerprint density at radius 2 is 1.67 bits per heavy atom. The molecule has 2 atom stereocenters. The Labute approximate surface area is 146 Å².